The third-order valence-electron chi connectivity index (χ3n) is 3.48. The summed E-state index contributed by atoms with van der Waals surface area (Å²) in [6.07, 6.45) is 6.26. The number of nitrogens with one attached hydrogen (secondary N) is 1. The maximum Gasteiger partial charge on any atom is 0.0453 e. The molecule has 1 unspecified atom stereocenters. The molecule has 0 saturated heterocycles. The van der Waals surface area contributed by atoms with Crippen molar-refractivity contribution in [2.75, 3.05) is 6.54 Å². The van der Waals surface area contributed by atoms with E-state index in [2.05, 4.69) is 18.3 Å². The van der Waals surface area contributed by atoms with Crippen LogP contribution in [0.25, 0.3) is 0 Å². The summed E-state index contributed by atoms with van der Waals surface area (Å²) in [7, 11) is 0. The van der Waals surface area contributed by atoms with Gasteiger partial charge in [-0.3, -0.25) is 0 Å². The molecular weight excluding hydrogens is 265 g/mol. The fourth-order valence-electron chi connectivity index (χ4n) is 2.30. The van der Waals surface area contributed by atoms with Crippen LogP contribution >= 0.6 is 23.2 Å². The minimum atomic E-state index is 0.552. The van der Waals surface area contributed by atoms with Crippen molar-refractivity contribution in [1.29, 1.82) is 0 Å². The largest absolute Gasteiger partial charge is 0.314 e. The van der Waals surface area contributed by atoms with E-state index in [0.717, 1.165) is 23.9 Å². The van der Waals surface area contributed by atoms with Gasteiger partial charge in [-0.05, 0) is 49.4 Å². The van der Waals surface area contributed by atoms with Gasteiger partial charge in [0.2, 0.25) is 0 Å². The normalized spacial score (nSPS) is 16.8. The zero-order valence-electron chi connectivity index (χ0n) is 10.9. The Hall–Kier alpha value is -0.240. The number of rotatable bonds is 7. The molecule has 1 atom stereocenters. The van der Waals surface area contributed by atoms with Crippen molar-refractivity contribution in [3.05, 3.63) is 33.8 Å². The van der Waals surface area contributed by atoms with Gasteiger partial charge in [0.15, 0.2) is 0 Å². The summed E-state index contributed by atoms with van der Waals surface area (Å²) in [5, 5.41) is 5.14. The first-order valence-corrected chi connectivity index (χ1v) is 7.62. The number of hydrogen-bond acceptors (Lipinski definition) is 1. The lowest BCUT2D eigenvalue weighted by atomic mass is 10.0. The van der Waals surface area contributed by atoms with Crippen LogP contribution in [0.15, 0.2) is 18.2 Å². The Bertz CT molecular complexity index is 388. The van der Waals surface area contributed by atoms with Gasteiger partial charge in [0.1, 0.15) is 0 Å². The van der Waals surface area contributed by atoms with E-state index in [9.17, 15) is 0 Å². The Morgan fingerprint density at radius 2 is 2.11 bits per heavy atom. The minimum absolute atomic E-state index is 0.552. The van der Waals surface area contributed by atoms with E-state index in [1.807, 2.05) is 12.1 Å². The zero-order valence-corrected chi connectivity index (χ0v) is 12.4. The van der Waals surface area contributed by atoms with Crippen molar-refractivity contribution >= 4 is 23.2 Å². The second-order valence-electron chi connectivity index (χ2n) is 5.27. The van der Waals surface area contributed by atoms with Crippen LogP contribution < -0.4 is 5.32 Å². The average molecular weight is 286 g/mol. The van der Waals surface area contributed by atoms with Crippen LogP contribution in [0.3, 0.4) is 0 Å². The lowest BCUT2D eigenvalue weighted by Gasteiger charge is -2.19. The van der Waals surface area contributed by atoms with Crippen LogP contribution in [0, 0.1) is 5.92 Å². The Morgan fingerprint density at radius 1 is 1.33 bits per heavy atom. The Morgan fingerprint density at radius 3 is 2.72 bits per heavy atom. The van der Waals surface area contributed by atoms with Crippen molar-refractivity contribution in [2.45, 2.75) is 45.1 Å². The molecule has 0 bridgehead atoms. The summed E-state index contributed by atoms with van der Waals surface area (Å²) < 4.78 is 0. The summed E-state index contributed by atoms with van der Waals surface area (Å²) in [5.74, 6) is 0.936. The first-order valence-electron chi connectivity index (χ1n) is 6.86. The van der Waals surface area contributed by atoms with Gasteiger partial charge >= 0.3 is 0 Å². The van der Waals surface area contributed by atoms with Gasteiger partial charge in [0.25, 0.3) is 0 Å². The predicted molar refractivity (Wildman–Crippen MR) is 79.6 cm³/mol. The van der Waals surface area contributed by atoms with Crippen molar-refractivity contribution in [3.63, 3.8) is 0 Å². The highest BCUT2D eigenvalue weighted by molar-refractivity contribution is 6.35. The molecule has 0 aliphatic heterocycles. The lowest BCUT2D eigenvalue weighted by Crippen LogP contribution is -2.32. The molecule has 0 aromatic heterocycles. The summed E-state index contributed by atoms with van der Waals surface area (Å²) in [5.41, 5.74) is 1.20. The predicted octanol–water partition coefficient (Wildman–Crippen LogP) is 4.70. The lowest BCUT2D eigenvalue weighted by molar-refractivity contribution is 0.455. The summed E-state index contributed by atoms with van der Waals surface area (Å²) in [6.45, 7) is 3.29. The first kappa shape index (κ1) is 14.2. The molecule has 1 saturated carbocycles. The van der Waals surface area contributed by atoms with Crippen LogP contribution in [0.1, 0.15) is 38.2 Å². The molecule has 1 aromatic carbocycles. The van der Waals surface area contributed by atoms with Gasteiger partial charge in [0, 0.05) is 16.1 Å². The van der Waals surface area contributed by atoms with E-state index in [4.69, 9.17) is 23.2 Å². The fraction of sp³-hybridized carbons (Fsp3) is 0.600. The quantitative estimate of drug-likeness (QED) is 0.765. The zero-order chi connectivity index (χ0) is 13.0. The molecule has 1 aliphatic carbocycles. The molecule has 3 heteroatoms. The number of hydrogen-bond donors (Lipinski definition) is 1. The second-order valence-corrected chi connectivity index (χ2v) is 6.11. The summed E-state index contributed by atoms with van der Waals surface area (Å²) >= 11 is 12.2. The third kappa shape index (κ3) is 4.46. The van der Waals surface area contributed by atoms with E-state index in [-0.39, 0.29) is 0 Å². The molecule has 1 N–H and O–H groups in total. The molecule has 1 aromatic rings. The molecule has 0 spiro atoms. The maximum atomic E-state index is 6.25. The van der Waals surface area contributed by atoms with E-state index in [0.29, 0.717) is 11.1 Å². The number of halogens is 2. The Labute approximate surface area is 120 Å². The topological polar surface area (TPSA) is 12.0 Å². The van der Waals surface area contributed by atoms with Gasteiger partial charge in [-0.25, -0.2) is 0 Å². The molecule has 0 amide bonds. The maximum absolute atomic E-state index is 6.25. The minimum Gasteiger partial charge on any atom is -0.314 e. The van der Waals surface area contributed by atoms with Gasteiger partial charge in [-0.15, -0.1) is 0 Å². The summed E-state index contributed by atoms with van der Waals surface area (Å²) in [6, 6.07) is 6.37. The van der Waals surface area contributed by atoms with Crippen LogP contribution in [-0.2, 0) is 6.42 Å². The first-order chi connectivity index (χ1) is 8.69. The highest BCUT2D eigenvalue weighted by Crippen LogP contribution is 2.34. The third-order valence-corrected chi connectivity index (χ3v) is 4.07. The highest BCUT2D eigenvalue weighted by atomic mass is 35.5. The van der Waals surface area contributed by atoms with E-state index >= 15 is 0 Å². The fourth-order valence-corrected chi connectivity index (χ4v) is 2.78. The van der Waals surface area contributed by atoms with Crippen molar-refractivity contribution < 1.29 is 0 Å². The van der Waals surface area contributed by atoms with Crippen LogP contribution in [-0.4, -0.2) is 12.6 Å². The molecule has 100 valence electrons. The molecular formula is C15H21Cl2N. The van der Waals surface area contributed by atoms with Crippen molar-refractivity contribution in [2.24, 2.45) is 5.92 Å². The van der Waals surface area contributed by atoms with E-state index in [1.54, 1.807) is 0 Å². The smallest absolute Gasteiger partial charge is 0.0453 e. The average Bonchev–Trinajstić information content (AvgIpc) is 3.13. The highest BCUT2D eigenvalue weighted by Gasteiger charge is 2.25. The van der Waals surface area contributed by atoms with Crippen LogP contribution in [0.4, 0.5) is 0 Å². The SMILES string of the molecule is CCCNC(Cc1ccc(Cl)cc1Cl)CC1CC1. The molecule has 1 nitrogen and oxygen atoms in total. The number of benzene rings is 1. The summed E-state index contributed by atoms with van der Waals surface area (Å²) in [4.78, 5) is 0. The van der Waals surface area contributed by atoms with Crippen LogP contribution in [0.2, 0.25) is 10.0 Å². The van der Waals surface area contributed by atoms with Crippen LogP contribution in [0.5, 0.6) is 0 Å². The van der Waals surface area contributed by atoms with Gasteiger partial charge in [-0.2, -0.15) is 0 Å². The molecule has 1 fully saturated rings. The molecule has 0 radical (unpaired) electrons. The van der Waals surface area contributed by atoms with Gasteiger partial charge in [-0.1, -0.05) is 49.0 Å². The molecule has 18 heavy (non-hydrogen) atoms. The molecule has 2 rings (SSSR count). The Balaban J connectivity index is 1.96. The standard InChI is InChI=1S/C15H21Cl2N/c1-2-7-18-14(8-11-3-4-11)9-12-5-6-13(16)10-15(12)17/h5-6,10-11,14,18H,2-4,7-9H2,1H3. The van der Waals surface area contributed by atoms with E-state index < -0.39 is 0 Å². The van der Waals surface area contributed by atoms with Crippen molar-refractivity contribution in [1.82, 2.24) is 5.32 Å². The Kier molecular flexibility index (Phi) is 5.35. The second kappa shape index (κ2) is 6.79. The molecule has 0 heterocycles. The van der Waals surface area contributed by atoms with Crippen molar-refractivity contribution in [3.8, 4) is 0 Å². The van der Waals surface area contributed by atoms with Gasteiger partial charge < -0.3 is 5.32 Å². The van der Waals surface area contributed by atoms with E-state index in [1.165, 1.54) is 31.2 Å². The van der Waals surface area contributed by atoms with Gasteiger partial charge in [0.05, 0.1) is 0 Å². The monoisotopic (exact) mass is 285 g/mol. The molecule has 1 aliphatic rings.